The highest BCUT2D eigenvalue weighted by Crippen LogP contribution is 2.30. The monoisotopic (exact) mass is 389 g/mol. The van der Waals surface area contributed by atoms with Crippen LogP contribution in [0.2, 0.25) is 0 Å². The average Bonchev–Trinajstić information content (AvgIpc) is 3.31. The van der Waals surface area contributed by atoms with Crippen LogP contribution in [0.4, 0.5) is 0 Å². The third-order valence-electron chi connectivity index (χ3n) is 5.41. The lowest BCUT2D eigenvalue weighted by Crippen LogP contribution is -2.41. The van der Waals surface area contributed by atoms with Gasteiger partial charge in [0.15, 0.2) is 0 Å². The fourth-order valence-corrected chi connectivity index (χ4v) is 4.71. The van der Waals surface area contributed by atoms with E-state index in [2.05, 4.69) is 20.3 Å². The van der Waals surface area contributed by atoms with Crippen LogP contribution in [-0.4, -0.2) is 55.5 Å². The normalized spacial score (nSPS) is 24.7. The molecule has 3 N–H and O–H groups in total. The Hall–Kier alpha value is -2.26. The van der Waals surface area contributed by atoms with Crippen molar-refractivity contribution < 1.29 is 14.7 Å². The van der Waals surface area contributed by atoms with E-state index in [1.165, 1.54) is 11.3 Å². The topological polar surface area (TPSA) is 111 Å². The van der Waals surface area contributed by atoms with E-state index in [9.17, 15) is 14.7 Å². The van der Waals surface area contributed by atoms with Crippen LogP contribution in [0, 0.1) is 19.8 Å². The van der Waals surface area contributed by atoms with Gasteiger partial charge in [0, 0.05) is 18.9 Å². The predicted molar refractivity (Wildman–Crippen MR) is 99.3 cm³/mol. The van der Waals surface area contributed by atoms with E-state index in [4.69, 9.17) is 0 Å². The van der Waals surface area contributed by atoms with Gasteiger partial charge < -0.3 is 20.3 Å². The minimum atomic E-state index is -0.717. The second-order valence-electron chi connectivity index (χ2n) is 7.34. The van der Waals surface area contributed by atoms with Gasteiger partial charge in [-0.3, -0.25) is 9.59 Å². The first-order chi connectivity index (χ1) is 12.9. The lowest BCUT2D eigenvalue weighted by Gasteiger charge is -2.28. The molecule has 144 valence electrons. The van der Waals surface area contributed by atoms with E-state index in [1.54, 1.807) is 12.4 Å². The first-order valence-corrected chi connectivity index (χ1v) is 10.0. The Morgan fingerprint density at radius 1 is 1.37 bits per heavy atom. The van der Waals surface area contributed by atoms with Crippen molar-refractivity contribution in [2.24, 2.45) is 5.92 Å². The standard InChI is InChI=1S/C18H23N5O3S/c1-9-16(27-8-19-9)17(25)22-13-5-11(6-15(13)24)18(26)23-4-3-12-14(7-23)21-10(2)20-12/h8,11,13,15,24H,3-7H2,1-2H3,(H,20,21)(H,22,25)/t11-,13+,15+/m0/s1. The van der Waals surface area contributed by atoms with Crippen molar-refractivity contribution in [1.82, 2.24) is 25.2 Å². The zero-order valence-corrected chi connectivity index (χ0v) is 16.2. The maximum absolute atomic E-state index is 12.9. The lowest BCUT2D eigenvalue weighted by atomic mass is 10.0. The van der Waals surface area contributed by atoms with Gasteiger partial charge in [0.25, 0.3) is 5.91 Å². The Morgan fingerprint density at radius 3 is 2.93 bits per heavy atom. The van der Waals surface area contributed by atoms with E-state index in [1.807, 2.05) is 11.8 Å². The number of imidazole rings is 1. The number of amides is 2. The Kier molecular flexibility index (Phi) is 4.73. The molecule has 1 saturated carbocycles. The van der Waals surface area contributed by atoms with Gasteiger partial charge in [0.05, 0.1) is 41.3 Å². The van der Waals surface area contributed by atoms with Gasteiger partial charge in [0.2, 0.25) is 5.91 Å². The van der Waals surface area contributed by atoms with Crippen LogP contribution in [-0.2, 0) is 17.8 Å². The van der Waals surface area contributed by atoms with Gasteiger partial charge in [-0.05, 0) is 26.7 Å². The van der Waals surface area contributed by atoms with Crippen molar-refractivity contribution in [2.45, 2.75) is 51.8 Å². The molecule has 0 radical (unpaired) electrons. The Bertz CT molecular complexity index is 876. The number of fused-ring (bicyclic) bond motifs is 1. The molecule has 2 aromatic rings. The molecule has 1 aliphatic carbocycles. The summed E-state index contributed by atoms with van der Waals surface area (Å²) in [6.45, 7) is 4.86. The summed E-state index contributed by atoms with van der Waals surface area (Å²) in [5.41, 5.74) is 4.34. The summed E-state index contributed by atoms with van der Waals surface area (Å²) >= 11 is 1.28. The minimum absolute atomic E-state index is 0.0395. The molecule has 0 spiro atoms. The highest BCUT2D eigenvalue weighted by molar-refractivity contribution is 7.11. The molecule has 3 heterocycles. The second kappa shape index (κ2) is 7.05. The van der Waals surface area contributed by atoms with Gasteiger partial charge in [-0.1, -0.05) is 0 Å². The molecular weight excluding hydrogens is 366 g/mol. The number of aromatic nitrogens is 3. The number of hydrogen-bond acceptors (Lipinski definition) is 6. The van der Waals surface area contributed by atoms with Crippen molar-refractivity contribution in [3.63, 3.8) is 0 Å². The van der Waals surface area contributed by atoms with E-state index in [0.29, 0.717) is 36.5 Å². The molecule has 8 nitrogen and oxygen atoms in total. The van der Waals surface area contributed by atoms with Gasteiger partial charge in [-0.25, -0.2) is 9.97 Å². The fourth-order valence-electron chi connectivity index (χ4n) is 4.01. The van der Waals surface area contributed by atoms with Crippen molar-refractivity contribution in [3.05, 3.63) is 33.3 Å². The Balaban J connectivity index is 1.39. The molecule has 4 rings (SSSR count). The van der Waals surface area contributed by atoms with Crippen LogP contribution in [0.3, 0.4) is 0 Å². The third-order valence-corrected chi connectivity index (χ3v) is 6.34. The molecule has 2 aromatic heterocycles. The molecule has 3 atom stereocenters. The maximum atomic E-state index is 12.9. The average molecular weight is 389 g/mol. The first-order valence-electron chi connectivity index (χ1n) is 9.14. The van der Waals surface area contributed by atoms with Crippen LogP contribution in [0.15, 0.2) is 5.51 Å². The van der Waals surface area contributed by atoms with E-state index in [-0.39, 0.29) is 17.7 Å². The number of carbonyl (C=O) groups excluding carboxylic acids is 2. The molecule has 2 amide bonds. The number of aliphatic hydroxyl groups is 1. The van der Waals surface area contributed by atoms with Gasteiger partial charge in [-0.15, -0.1) is 11.3 Å². The summed E-state index contributed by atoms with van der Waals surface area (Å²) in [5.74, 6) is 0.394. The van der Waals surface area contributed by atoms with E-state index < -0.39 is 12.1 Å². The SMILES string of the molecule is Cc1nc2c([nH]1)CN(C(=O)[C@@H]1C[C@@H](O)[C@H](NC(=O)c3scnc3C)C1)CC2. The molecular formula is C18H23N5O3S. The van der Waals surface area contributed by atoms with Gasteiger partial charge >= 0.3 is 0 Å². The maximum Gasteiger partial charge on any atom is 0.263 e. The number of aliphatic hydroxyl groups excluding tert-OH is 1. The third kappa shape index (κ3) is 3.49. The number of carbonyl (C=O) groups is 2. The Labute approximate surface area is 161 Å². The number of hydrogen-bond donors (Lipinski definition) is 3. The smallest absolute Gasteiger partial charge is 0.263 e. The van der Waals surface area contributed by atoms with E-state index >= 15 is 0 Å². The molecule has 0 aromatic carbocycles. The molecule has 0 unspecified atom stereocenters. The van der Waals surface area contributed by atoms with Crippen LogP contribution >= 0.6 is 11.3 Å². The summed E-state index contributed by atoms with van der Waals surface area (Å²) in [5, 5.41) is 13.2. The molecule has 0 saturated heterocycles. The Morgan fingerprint density at radius 2 is 2.19 bits per heavy atom. The summed E-state index contributed by atoms with van der Waals surface area (Å²) in [6, 6.07) is -0.414. The van der Waals surface area contributed by atoms with E-state index in [0.717, 1.165) is 23.6 Å². The van der Waals surface area contributed by atoms with Gasteiger partial charge in [-0.2, -0.15) is 0 Å². The summed E-state index contributed by atoms with van der Waals surface area (Å²) in [6.07, 6.45) is 0.850. The van der Waals surface area contributed by atoms with Crippen LogP contribution in [0.25, 0.3) is 0 Å². The van der Waals surface area contributed by atoms with Crippen molar-refractivity contribution in [3.8, 4) is 0 Å². The number of nitrogens with zero attached hydrogens (tertiary/aromatic N) is 3. The highest BCUT2D eigenvalue weighted by atomic mass is 32.1. The van der Waals surface area contributed by atoms with Crippen molar-refractivity contribution >= 4 is 23.2 Å². The van der Waals surface area contributed by atoms with Crippen molar-refractivity contribution in [2.75, 3.05) is 6.54 Å². The summed E-state index contributed by atoms with van der Waals surface area (Å²) in [4.78, 5) is 39.5. The van der Waals surface area contributed by atoms with Crippen molar-refractivity contribution in [1.29, 1.82) is 0 Å². The summed E-state index contributed by atoms with van der Waals surface area (Å²) in [7, 11) is 0. The van der Waals surface area contributed by atoms with Crippen LogP contribution < -0.4 is 5.32 Å². The molecule has 0 bridgehead atoms. The van der Waals surface area contributed by atoms with Crippen LogP contribution in [0.5, 0.6) is 0 Å². The lowest BCUT2D eigenvalue weighted by molar-refractivity contribution is -0.136. The minimum Gasteiger partial charge on any atom is -0.391 e. The number of aromatic amines is 1. The number of H-pyrrole nitrogens is 1. The van der Waals surface area contributed by atoms with Crippen LogP contribution in [0.1, 0.15) is 45.4 Å². The number of nitrogens with one attached hydrogen (secondary N) is 2. The quantitative estimate of drug-likeness (QED) is 0.723. The zero-order chi connectivity index (χ0) is 19.1. The first kappa shape index (κ1) is 18.1. The second-order valence-corrected chi connectivity index (χ2v) is 8.19. The molecule has 1 fully saturated rings. The number of aryl methyl sites for hydroxylation is 2. The summed E-state index contributed by atoms with van der Waals surface area (Å²) < 4.78 is 0. The predicted octanol–water partition coefficient (Wildman–Crippen LogP) is 0.937. The number of thiazole rings is 1. The molecule has 9 heteroatoms. The highest BCUT2D eigenvalue weighted by Gasteiger charge is 2.40. The molecule has 1 aliphatic heterocycles. The van der Waals surface area contributed by atoms with Gasteiger partial charge in [0.1, 0.15) is 10.7 Å². The fraction of sp³-hybridized carbons (Fsp3) is 0.556. The number of rotatable bonds is 3. The molecule has 2 aliphatic rings. The zero-order valence-electron chi connectivity index (χ0n) is 15.4. The largest absolute Gasteiger partial charge is 0.391 e. The molecule has 27 heavy (non-hydrogen) atoms.